The molecule has 0 aliphatic carbocycles. The first-order chi connectivity index (χ1) is 15.7. The number of amides is 2. The van der Waals surface area contributed by atoms with Crippen LogP contribution in [0, 0.1) is 0 Å². The van der Waals surface area contributed by atoms with E-state index in [-0.39, 0.29) is 30.7 Å². The third-order valence-corrected chi connectivity index (χ3v) is 5.37. The number of rotatable bonds is 8. The van der Waals surface area contributed by atoms with Crippen LogP contribution in [0.1, 0.15) is 5.56 Å². The fourth-order valence-electron chi connectivity index (χ4n) is 3.34. The zero-order valence-corrected chi connectivity index (χ0v) is 18.5. The number of halogens is 4. The molecule has 33 heavy (non-hydrogen) atoms. The summed E-state index contributed by atoms with van der Waals surface area (Å²) in [5.41, 5.74) is 1.23. The fourth-order valence-corrected chi connectivity index (χ4v) is 3.55. The lowest BCUT2D eigenvalue weighted by Gasteiger charge is -2.33. The Kier molecular flexibility index (Phi) is 8.54. The number of piperazine rings is 1. The smallest absolute Gasteiger partial charge is 0.406 e. The molecule has 2 aromatic rings. The molecule has 0 atom stereocenters. The van der Waals surface area contributed by atoms with E-state index in [2.05, 4.69) is 15.4 Å². The van der Waals surface area contributed by atoms with Gasteiger partial charge in [-0.05, 0) is 35.9 Å². The summed E-state index contributed by atoms with van der Waals surface area (Å²) in [7, 11) is 0. The number of hydrogen-bond acceptors (Lipinski definition) is 5. The molecule has 0 spiro atoms. The molecule has 0 aromatic heterocycles. The monoisotopic (exact) mass is 484 g/mol. The maximum Gasteiger partial charge on any atom is 0.573 e. The molecule has 1 saturated heterocycles. The van der Waals surface area contributed by atoms with Crippen molar-refractivity contribution < 1.29 is 27.5 Å². The maximum absolute atomic E-state index is 12.2. The highest BCUT2D eigenvalue weighted by atomic mass is 35.5. The highest BCUT2D eigenvalue weighted by Crippen LogP contribution is 2.24. The van der Waals surface area contributed by atoms with E-state index in [9.17, 15) is 22.8 Å². The molecule has 11 heteroatoms. The Balaban J connectivity index is 1.35. The second-order valence-electron chi connectivity index (χ2n) is 7.54. The van der Waals surface area contributed by atoms with Crippen molar-refractivity contribution in [3.63, 3.8) is 0 Å². The van der Waals surface area contributed by atoms with Gasteiger partial charge in [0.15, 0.2) is 0 Å². The lowest BCUT2D eigenvalue weighted by molar-refractivity contribution is -0.274. The molecular weight excluding hydrogens is 461 g/mol. The van der Waals surface area contributed by atoms with E-state index >= 15 is 0 Å². The fraction of sp³-hybridized carbons (Fsp3) is 0.364. The molecule has 0 bridgehead atoms. The van der Waals surface area contributed by atoms with E-state index in [4.69, 9.17) is 11.6 Å². The summed E-state index contributed by atoms with van der Waals surface area (Å²) in [6.45, 7) is 3.27. The van der Waals surface area contributed by atoms with Gasteiger partial charge >= 0.3 is 6.36 Å². The van der Waals surface area contributed by atoms with Gasteiger partial charge in [-0.2, -0.15) is 0 Å². The van der Waals surface area contributed by atoms with Gasteiger partial charge in [0.1, 0.15) is 5.75 Å². The number of carbonyl (C=O) groups excluding carboxylic acids is 2. The zero-order chi connectivity index (χ0) is 23.8. The normalized spacial score (nSPS) is 15.2. The van der Waals surface area contributed by atoms with Crippen LogP contribution in [-0.4, -0.2) is 67.2 Å². The number of nitrogens with zero attached hydrogens (tertiary/aromatic N) is 2. The first-order valence-corrected chi connectivity index (χ1v) is 10.7. The van der Waals surface area contributed by atoms with E-state index in [1.54, 1.807) is 6.07 Å². The first-order valence-electron chi connectivity index (χ1n) is 10.3. The summed E-state index contributed by atoms with van der Waals surface area (Å²) in [6, 6.07) is 12.3. The Morgan fingerprint density at radius 3 is 2.06 bits per heavy atom. The van der Waals surface area contributed by atoms with E-state index < -0.39 is 6.36 Å². The molecular formula is C22H24ClF3N4O3. The summed E-state index contributed by atoms with van der Waals surface area (Å²) < 4.78 is 40.4. The Bertz CT molecular complexity index is 949. The minimum absolute atomic E-state index is 0.0981. The molecule has 178 valence electrons. The summed E-state index contributed by atoms with van der Waals surface area (Å²) >= 11 is 6.09. The largest absolute Gasteiger partial charge is 0.573 e. The van der Waals surface area contributed by atoms with Crippen molar-refractivity contribution in [2.45, 2.75) is 12.9 Å². The molecule has 2 N–H and O–H groups in total. The van der Waals surface area contributed by atoms with Crippen LogP contribution in [0.25, 0.3) is 0 Å². The Morgan fingerprint density at radius 1 is 0.909 bits per heavy atom. The topological polar surface area (TPSA) is 73.9 Å². The summed E-state index contributed by atoms with van der Waals surface area (Å²) in [4.78, 5) is 28.4. The van der Waals surface area contributed by atoms with Crippen LogP contribution in [0.3, 0.4) is 0 Å². The van der Waals surface area contributed by atoms with Gasteiger partial charge in [0.2, 0.25) is 11.8 Å². The molecule has 1 heterocycles. The lowest BCUT2D eigenvalue weighted by Crippen LogP contribution is -2.50. The Morgan fingerprint density at radius 2 is 1.48 bits per heavy atom. The highest BCUT2D eigenvalue weighted by molar-refractivity contribution is 6.31. The van der Waals surface area contributed by atoms with Gasteiger partial charge < -0.3 is 15.4 Å². The van der Waals surface area contributed by atoms with Crippen molar-refractivity contribution in [2.75, 3.05) is 44.6 Å². The van der Waals surface area contributed by atoms with E-state index in [0.717, 1.165) is 17.7 Å². The van der Waals surface area contributed by atoms with Crippen LogP contribution in [-0.2, 0) is 16.1 Å². The van der Waals surface area contributed by atoms with E-state index in [0.29, 0.717) is 43.4 Å². The van der Waals surface area contributed by atoms with Crippen LogP contribution < -0.4 is 15.4 Å². The van der Waals surface area contributed by atoms with Crippen molar-refractivity contribution in [1.29, 1.82) is 0 Å². The Hall–Kier alpha value is -2.82. The average molecular weight is 485 g/mol. The third kappa shape index (κ3) is 8.56. The predicted molar refractivity (Wildman–Crippen MR) is 118 cm³/mol. The Labute approximate surface area is 194 Å². The molecule has 0 saturated carbocycles. The zero-order valence-electron chi connectivity index (χ0n) is 17.7. The first kappa shape index (κ1) is 24.8. The number of nitrogens with one attached hydrogen (secondary N) is 2. The number of anilines is 1. The highest BCUT2D eigenvalue weighted by Gasteiger charge is 2.31. The molecule has 0 radical (unpaired) electrons. The molecule has 1 aliphatic heterocycles. The summed E-state index contributed by atoms with van der Waals surface area (Å²) in [6.07, 6.45) is -4.76. The SMILES string of the molecule is O=C(CN1CCN(CC(=O)Nc2ccc(OC(F)(F)F)cc2)CC1)NCc1ccccc1Cl. The minimum atomic E-state index is -4.76. The van der Waals surface area contributed by atoms with Gasteiger partial charge in [-0.3, -0.25) is 19.4 Å². The second kappa shape index (κ2) is 11.4. The standard InChI is InChI=1S/C22H24ClF3N4O3/c23-19-4-2-1-3-16(19)13-27-20(31)14-29-9-11-30(12-10-29)15-21(32)28-17-5-7-18(8-6-17)33-22(24,25)26/h1-8H,9-15H2,(H,27,31)(H,28,32). The number of benzene rings is 2. The van der Waals surface area contributed by atoms with Crippen molar-refractivity contribution >= 4 is 29.1 Å². The van der Waals surface area contributed by atoms with Gasteiger partial charge in [-0.25, -0.2) is 0 Å². The number of hydrogen-bond donors (Lipinski definition) is 2. The van der Waals surface area contributed by atoms with Crippen LogP contribution >= 0.6 is 11.6 Å². The van der Waals surface area contributed by atoms with Crippen molar-refractivity contribution in [2.24, 2.45) is 0 Å². The van der Waals surface area contributed by atoms with Gasteiger partial charge in [0, 0.05) is 43.4 Å². The van der Waals surface area contributed by atoms with Crippen molar-refractivity contribution in [1.82, 2.24) is 15.1 Å². The van der Waals surface area contributed by atoms with E-state index in [1.807, 2.05) is 28.0 Å². The molecule has 2 aromatic carbocycles. The quantitative estimate of drug-likeness (QED) is 0.602. The van der Waals surface area contributed by atoms with Crippen LogP contribution in [0.4, 0.5) is 18.9 Å². The molecule has 1 fully saturated rings. The maximum atomic E-state index is 12.2. The lowest BCUT2D eigenvalue weighted by atomic mass is 10.2. The average Bonchev–Trinajstić information content (AvgIpc) is 2.75. The number of alkyl halides is 3. The number of ether oxygens (including phenoxy) is 1. The van der Waals surface area contributed by atoms with Crippen LogP contribution in [0.2, 0.25) is 5.02 Å². The van der Waals surface area contributed by atoms with Gasteiger partial charge in [0.25, 0.3) is 0 Å². The van der Waals surface area contributed by atoms with Crippen LogP contribution in [0.15, 0.2) is 48.5 Å². The number of carbonyl (C=O) groups is 2. The minimum Gasteiger partial charge on any atom is -0.406 e. The van der Waals surface area contributed by atoms with E-state index in [1.165, 1.54) is 12.1 Å². The third-order valence-electron chi connectivity index (χ3n) is 5.00. The summed E-state index contributed by atoms with van der Waals surface area (Å²) in [5, 5.41) is 6.12. The van der Waals surface area contributed by atoms with Gasteiger partial charge in [0.05, 0.1) is 13.1 Å². The van der Waals surface area contributed by atoms with Gasteiger partial charge in [-0.15, -0.1) is 13.2 Å². The molecule has 7 nitrogen and oxygen atoms in total. The van der Waals surface area contributed by atoms with Crippen molar-refractivity contribution in [3.05, 3.63) is 59.1 Å². The molecule has 3 rings (SSSR count). The second-order valence-corrected chi connectivity index (χ2v) is 7.95. The molecule has 2 amide bonds. The van der Waals surface area contributed by atoms with Crippen molar-refractivity contribution in [3.8, 4) is 5.75 Å². The molecule has 0 unspecified atom stereocenters. The van der Waals surface area contributed by atoms with Crippen LogP contribution in [0.5, 0.6) is 5.75 Å². The van der Waals surface area contributed by atoms with Gasteiger partial charge in [-0.1, -0.05) is 29.8 Å². The summed E-state index contributed by atoms with van der Waals surface area (Å²) in [5.74, 6) is -0.725. The molecule has 1 aliphatic rings. The predicted octanol–water partition coefficient (Wildman–Crippen LogP) is 3.11.